The lowest BCUT2D eigenvalue weighted by Gasteiger charge is -2.11. The fraction of sp³-hybridized carbons (Fsp3) is 0.211. The molecule has 27 heavy (non-hydrogen) atoms. The monoisotopic (exact) mass is 450 g/mol. The van der Waals surface area contributed by atoms with Crippen molar-refractivity contribution >= 4 is 51.3 Å². The first kappa shape index (κ1) is 21.0. The average Bonchev–Trinajstić information content (AvgIpc) is 2.63. The first-order valence-electron chi connectivity index (χ1n) is 8.06. The van der Waals surface area contributed by atoms with Crippen LogP contribution in [-0.4, -0.2) is 30.3 Å². The van der Waals surface area contributed by atoms with Crippen LogP contribution in [0.1, 0.15) is 11.1 Å². The normalized spacial score (nSPS) is 10.2. The topological polar surface area (TPSA) is 84.5 Å². The number of hydrogen-bond donors (Lipinski definition) is 2. The number of rotatable bonds is 6. The van der Waals surface area contributed by atoms with Crippen molar-refractivity contribution in [2.24, 2.45) is 0 Å². The lowest BCUT2D eigenvalue weighted by Crippen LogP contribution is -2.37. The number of aryl methyl sites for hydroxylation is 1. The predicted octanol–water partition coefficient (Wildman–Crippen LogP) is 4.05. The Balaban J connectivity index is 1.71. The third-order valence-corrected chi connectivity index (χ3v) is 5.15. The van der Waals surface area contributed by atoms with E-state index < -0.39 is 24.5 Å². The molecule has 2 aromatic carbocycles. The lowest BCUT2D eigenvalue weighted by atomic mass is 10.1. The molecule has 0 radical (unpaired) electrons. The van der Waals surface area contributed by atoms with Crippen LogP contribution in [0.2, 0.25) is 0 Å². The van der Waals surface area contributed by atoms with Crippen molar-refractivity contribution in [3.63, 3.8) is 0 Å². The quantitative estimate of drug-likeness (QED) is 0.512. The number of nitrogens with one attached hydrogen (secondary N) is 2. The minimum Gasteiger partial charge on any atom is -0.455 e. The SMILES string of the molecule is Cc1cccc(NC(=O)NC(=O)COC(=O)CSc2ccc(Br)cc2)c1C. The van der Waals surface area contributed by atoms with Gasteiger partial charge in [-0.1, -0.05) is 28.1 Å². The van der Waals surface area contributed by atoms with Gasteiger partial charge in [0, 0.05) is 15.1 Å². The zero-order valence-electron chi connectivity index (χ0n) is 14.9. The van der Waals surface area contributed by atoms with Gasteiger partial charge >= 0.3 is 12.0 Å². The van der Waals surface area contributed by atoms with Crippen molar-refractivity contribution in [2.75, 3.05) is 17.7 Å². The number of urea groups is 1. The number of esters is 1. The predicted molar refractivity (Wildman–Crippen MR) is 109 cm³/mol. The zero-order valence-corrected chi connectivity index (χ0v) is 17.3. The largest absolute Gasteiger partial charge is 0.455 e. The number of imide groups is 1. The Kier molecular flexibility index (Phi) is 7.87. The number of anilines is 1. The molecule has 0 aliphatic rings. The maximum Gasteiger partial charge on any atom is 0.325 e. The molecular formula is C19H19BrN2O4S. The van der Waals surface area contributed by atoms with E-state index in [4.69, 9.17) is 4.74 Å². The molecular weight excluding hydrogens is 432 g/mol. The van der Waals surface area contributed by atoms with Crippen LogP contribution in [0.15, 0.2) is 51.8 Å². The summed E-state index contributed by atoms with van der Waals surface area (Å²) in [6, 6.07) is 12.3. The summed E-state index contributed by atoms with van der Waals surface area (Å²) in [7, 11) is 0. The molecule has 0 spiro atoms. The van der Waals surface area contributed by atoms with Crippen LogP contribution >= 0.6 is 27.7 Å². The maximum absolute atomic E-state index is 11.9. The molecule has 0 aromatic heterocycles. The van der Waals surface area contributed by atoms with Crippen LogP contribution in [0.4, 0.5) is 10.5 Å². The van der Waals surface area contributed by atoms with Crippen molar-refractivity contribution in [3.05, 3.63) is 58.1 Å². The number of benzene rings is 2. The second kappa shape index (κ2) is 10.1. The highest BCUT2D eigenvalue weighted by atomic mass is 79.9. The molecule has 0 aliphatic carbocycles. The second-order valence-corrected chi connectivity index (χ2v) is 7.62. The smallest absolute Gasteiger partial charge is 0.325 e. The molecule has 0 bridgehead atoms. The molecule has 142 valence electrons. The van der Waals surface area contributed by atoms with Gasteiger partial charge in [-0.25, -0.2) is 4.79 Å². The van der Waals surface area contributed by atoms with E-state index in [0.717, 1.165) is 20.5 Å². The van der Waals surface area contributed by atoms with Gasteiger partial charge in [0.05, 0.1) is 5.75 Å². The first-order valence-corrected chi connectivity index (χ1v) is 9.84. The number of thioether (sulfide) groups is 1. The van der Waals surface area contributed by atoms with Crippen LogP contribution in [0, 0.1) is 13.8 Å². The molecule has 0 aliphatic heterocycles. The third kappa shape index (κ3) is 7.07. The molecule has 0 fully saturated rings. The van der Waals surface area contributed by atoms with E-state index in [1.165, 1.54) is 11.8 Å². The molecule has 0 saturated heterocycles. The molecule has 3 amide bonds. The Hall–Kier alpha value is -2.32. The molecule has 2 rings (SSSR count). The number of carbonyl (C=O) groups excluding carboxylic acids is 3. The van der Waals surface area contributed by atoms with Gasteiger partial charge in [-0.15, -0.1) is 11.8 Å². The van der Waals surface area contributed by atoms with Gasteiger partial charge in [0.1, 0.15) is 0 Å². The summed E-state index contributed by atoms with van der Waals surface area (Å²) >= 11 is 4.64. The summed E-state index contributed by atoms with van der Waals surface area (Å²) < 4.78 is 5.83. The van der Waals surface area contributed by atoms with E-state index in [0.29, 0.717) is 5.69 Å². The first-order chi connectivity index (χ1) is 12.8. The van der Waals surface area contributed by atoms with Crippen molar-refractivity contribution in [1.82, 2.24) is 5.32 Å². The van der Waals surface area contributed by atoms with E-state index in [9.17, 15) is 14.4 Å². The van der Waals surface area contributed by atoms with Crippen molar-refractivity contribution in [1.29, 1.82) is 0 Å². The van der Waals surface area contributed by atoms with Gasteiger partial charge in [0.15, 0.2) is 6.61 Å². The Labute approximate surface area is 170 Å². The zero-order chi connectivity index (χ0) is 19.8. The summed E-state index contributed by atoms with van der Waals surface area (Å²) in [4.78, 5) is 36.3. The van der Waals surface area contributed by atoms with Gasteiger partial charge < -0.3 is 10.1 Å². The fourth-order valence-electron chi connectivity index (χ4n) is 2.06. The van der Waals surface area contributed by atoms with Crippen molar-refractivity contribution < 1.29 is 19.1 Å². The number of amides is 3. The highest BCUT2D eigenvalue weighted by molar-refractivity contribution is 9.10. The molecule has 6 nitrogen and oxygen atoms in total. The molecule has 0 saturated carbocycles. The van der Waals surface area contributed by atoms with E-state index in [-0.39, 0.29) is 5.75 Å². The van der Waals surface area contributed by atoms with Gasteiger partial charge in [-0.05, 0) is 55.3 Å². The minimum atomic E-state index is -0.695. The molecule has 0 heterocycles. The summed E-state index contributed by atoms with van der Waals surface area (Å²) in [6.45, 7) is 3.28. The third-order valence-electron chi connectivity index (χ3n) is 3.64. The highest BCUT2D eigenvalue weighted by Crippen LogP contribution is 2.20. The van der Waals surface area contributed by atoms with E-state index in [1.54, 1.807) is 6.07 Å². The number of ether oxygens (including phenoxy) is 1. The van der Waals surface area contributed by atoms with E-state index >= 15 is 0 Å². The highest BCUT2D eigenvalue weighted by Gasteiger charge is 2.12. The summed E-state index contributed by atoms with van der Waals surface area (Å²) in [6.07, 6.45) is 0. The van der Waals surface area contributed by atoms with Crippen LogP contribution < -0.4 is 10.6 Å². The van der Waals surface area contributed by atoms with E-state index in [1.807, 2.05) is 50.2 Å². The molecule has 0 atom stereocenters. The molecule has 2 N–H and O–H groups in total. The van der Waals surface area contributed by atoms with Crippen molar-refractivity contribution in [3.8, 4) is 0 Å². The summed E-state index contributed by atoms with van der Waals surface area (Å²) in [5, 5.41) is 4.73. The van der Waals surface area contributed by atoms with Gasteiger partial charge in [-0.3, -0.25) is 14.9 Å². The Morgan fingerprint density at radius 2 is 1.78 bits per heavy atom. The average molecular weight is 451 g/mol. The fourth-order valence-corrected chi connectivity index (χ4v) is 3.02. The lowest BCUT2D eigenvalue weighted by molar-refractivity contribution is -0.145. The number of hydrogen-bond acceptors (Lipinski definition) is 5. The Bertz CT molecular complexity index is 840. The van der Waals surface area contributed by atoms with E-state index in [2.05, 4.69) is 26.6 Å². The Morgan fingerprint density at radius 1 is 1.07 bits per heavy atom. The number of carbonyl (C=O) groups is 3. The summed E-state index contributed by atoms with van der Waals surface area (Å²) in [5.41, 5.74) is 2.55. The maximum atomic E-state index is 11.9. The number of halogens is 1. The van der Waals surface area contributed by atoms with Crippen LogP contribution in [0.5, 0.6) is 0 Å². The molecule has 0 unspecified atom stereocenters. The van der Waals surface area contributed by atoms with Crippen LogP contribution in [0.3, 0.4) is 0 Å². The standard InChI is InChI=1S/C19H19BrN2O4S/c1-12-4-3-5-16(13(12)2)21-19(25)22-17(23)10-26-18(24)11-27-15-8-6-14(20)7-9-15/h3-9H,10-11H2,1-2H3,(H2,21,22,23,25). The van der Waals surface area contributed by atoms with Gasteiger partial charge in [-0.2, -0.15) is 0 Å². The van der Waals surface area contributed by atoms with Crippen LogP contribution in [0.25, 0.3) is 0 Å². The van der Waals surface area contributed by atoms with Gasteiger partial charge in [0.25, 0.3) is 5.91 Å². The van der Waals surface area contributed by atoms with Crippen LogP contribution in [-0.2, 0) is 14.3 Å². The molecule has 2 aromatic rings. The molecule has 8 heteroatoms. The Morgan fingerprint density at radius 3 is 2.48 bits per heavy atom. The van der Waals surface area contributed by atoms with Gasteiger partial charge in [0.2, 0.25) is 0 Å². The minimum absolute atomic E-state index is 0.0730. The second-order valence-electron chi connectivity index (χ2n) is 5.65. The summed E-state index contributed by atoms with van der Waals surface area (Å²) in [5.74, 6) is -1.16. The van der Waals surface area contributed by atoms with Crippen molar-refractivity contribution in [2.45, 2.75) is 18.7 Å².